The highest BCUT2D eigenvalue weighted by Gasteiger charge is 2.58. The molecule has 0 aromatic heterocycles. The molecule has 2 aliphatic carbocycles. The third-order valence-corrected chi connectivity index (χ3v) is 7.66. The quantitative estimate of drug-likeness (QED) is 0.735. The molecular weight excluding hydrogens is 335 g/mol. The third-order valence-electron chi connectivity index (χ3n) is 6.86. The van der Waals surface area contributed by atoms with Gasteiger partial charge in [-0.15, -0.1) is 0 Å². The van der Waals surface area contributed by atoms with Gasteiger partial charge in [-0.1, -0.05) is 59.7 Å². The molecule has 2 radical (unpaired) electrons. The maximum absolute atomic E-state index is 6.28. The van der Waals surface area contributed by atoms with E-state index in [-0.39, 0.29) is 11.0 Å². The zero-order valence-corrected chi connectivity index (χ0v) is 15.8. The van der Waals surface area contributed by atoms with E-state index in [0.29, 0.717) is 0 Å². The number of aliphatic imine (C=N–C) groups is 1. The van der Waals surface area contributed by atoms with Crippen molar-refractivity contribution in [3.05, 3.63) is 64.7 Å². The molecular formula is C22H23BN2S. The molecule has 1 aliphatic heterocycles. The summed E-state index contributed by atoms with van der Waals surface area (Å²) in [5.74, 6) is 1.04. The molecule has 4 heteroatoms. The lowest BCUT2D eigenvalue weighted by molar-refractivity contribution is 0.114. The predicted molar refractivity (Wildman–Crippen MR) is 111 cm³/mol. The van der Waals surface area contributed by atoms with Crippen LogP contribution in [0.1, 0.15) is 41.5 Å². The second-order valence-electron chi connectivity index (χ2n) is 8.05. The van der Waals surface area contributed by atoms with Gasteiger partial charge in [0.05, 0.1) is 5.54 Å². The lowest BCUT2D eigenvalue weighted by Crippen LogP contribution is -2.45. The van der Waals surface area contributed by atoms with Crippen molar-refractivity contribution in [2.75, 3.05) is 5.75 Å². The average molecular weight is 358 g/mol. The average Bonchev–Trinajstić information content (AvgIpc) is 2.78. The fourth-order valence-electron chi connectivity index (χ4n) is 5.60. The van der Waals surface area contributed by atoms with Crippen molar-refractivity contribution < 1.29 is 0 Å². The van der Waals surface area contributed by atoms with E-state index in [1.54, 1.807) is 11.8 Å². The molecule has 5 rings (SSSR count). The van der Waals surface area contributed by atoms with Gasteiger partial charge in [0.1, 0.15) is 7.85 Å². The minimum atomic E-state index is -0.199. The second-order valence-corrected chi connectivity index (χ2v) is 9.17. The van der Waals surface area contributed by atoms with Crippen LogP contribution in [0.25, 0.3) is 0 Å². The standard InChI is InChI=1S/C22H23BN2S/c23-18-6-5-17-14-21(9-7-15-3-1-2-4-16(15)8-10-21)22(19(17)13-18)11-12-26-20(24)25-22/h1-6,13H,7-12,14H2,(H2,24,25). The summed E-state index contributed by atoms with van der Waals surface area (Å²) in [6.07, 6.45) is 6.75. The van der Waals surface area contributed by atoms with Gasteiger partial charge in [-0.3, -0.25) is 4.99 Å². The number of nitrogens with two attached hydrogens (primary N) is 1. The summed E-state index contributed by atoms with van der Waals surface area (Å²) >= 11 is 1.69. The van der Waals surface area contributed by atoms with Crippen molar-refractivity contribution >= 4 is 30.2 Å². The Hall–Kier alpha value is -1.68. The van der Waals surface area contributed by atoms with Gasteiger partial charge < -0.3 is 5.73 Å². The molecule has 0 saturated carbocycles. The number of rotatable bonds is 0. The van der Waals surface area contributed by atoms with Gasteiger partial charge >= 0.3 is 0 Å². The minimum Gasteiger partial charge on any atom is -0.379 e. The Bertz CT molecular complexity index is 880. The van der Waals surface area contributed by atoms with Gasteiger partial charge in [-0.25, -0.2) is 0 Å². The number of aryl methyl sites for hydroxylation is 2. The monoisotopic (exact) mass is 358 g/mol. The highest BCUT2D eigenvalue weighted by molar-refractivity contribution is 8.13. The first-order valence-corrected chi connectivity index (χ1v) is 10.5. The number of thioether (sulfide) groups is 1. The predicted octanol–water partition coefficient (Wildman–Crippen LogP) is 3.25. The molecule has 2 spiro atoms. The van der Waals surface area contributed by atoms with Crippen LogP contribution in [0, 0.1) is 5.41 Å². The Morgan fingerprint density at radius 1 is 0.962 bits per heavy atom. The zero-order chi connectivity index (χ0) is 17.8. The summed E-state index contributed by atoms with van der Waals surface area (Å²) in [7, 11) is 6.19. The van der Waals surface area contributed by atoms with Crippen molar-refractivity contribution in [3.63, 3.8) is 0 Å². The van der Waals surface area contributed by atoms with Gasteiger partial charge in [-0.05, 0) is 60.8 Å². The summed E-state index contributed by atoms with van der Waals surface area (Å²) in [5, 5.41) is 0.743. The van der Waals surface area contributed by atoms with E-state index in [2.05, 4.69) is 36.4 Å². The molecule has 2 nitrogen and oxygen atoms in total. The van der Waals surface area contributed by atoms with Crippen molar-refractivity contribution in [3.8, 4) is 0 Å². The normalized spacial score (nSPS) is 26.2. The van der Waals surface area contributed by atoms with Crippen LogP contribution in [-0.2, 0) is 24.8 Å². The Kier molecular flexibility index (Phi) is 3.75. The number of amidine groups is 1. The molecule has 1 heterocycles. The summed E-state index contributed by atoms with van der Waals surface area (Å²) in [5.41, 5.74) is 12.9. The minimum absolute atomic E-state index is 0.147. The molecule has 130 valence electrons. The molecule has 0 fully saturated rings. The van der Waals surface area contributed by atoms with Gasteiger partial charge in [0.2, 0.25) is 0 Å². The fourth-order valence-corrected chi connectivity index (χ4v) is 6.42. The third kappa shape index (κ3) is 2.31. The second kappa shape index (κ2) is 5.92. The largest absolute Gasteiger partial charge is 0.379 e. The highest BCUT2D eigenvalue weighted by atomic mass is 32.2. The van der Waals surface area contributed by atoms with E-state index < -0.39 is 0 Å². The van der Waals surface area contributed by atoms with Gasteiger partial charge in [0.15, 0.2) is 5.17 Å². The Balaban J connectivity index is 1.66. The van der Waals surface area contributed by atoms with Crippen LogP contribution in [0.3, 0.4) is 0 Å². The topological polar surface area (TPSA) is 38.4 Å². The summed E-state index contributed by atoms with van der Waals surface area (Å²) < 4.78 is 0. The molecule has 26 heavy (non-hydrogen) atoms. The van der Waals surface area contributed by atoms with E-state index in [1.807, 2.05) is 6.07 Å². The first kappa shape index (κ1) is 16.5. The molecule has 1 unspecified atom stereocenters. The van der Waals surface area contributed by atoms with Crippen molar-refractivity contribution in [1.82, 2.24) is 0 Å². The molecule has 2 N–H and O–H groups in total. The van der Waals surface area contributed by atoms with Crippen molar-refractivity contribution in [2.45, 2.75) is 44.1 Å². The van der Waals surface area contributed by atoms with Crippen LogP contribution >= 0.6 is 11.8 Å². The van der Waals surface area contributed by atoms with Crippen LogP contribution in [0.5, 0.6) is 0 Å². The van der Waals surface area contributed by atoms with Crippen LogP contribution in [0.4, 0.5) is 0 Å². The SMILES string of the molecule is [B]c1ccc2c(c1)C1(CCSC(N)=N1)C1(CCc3ccccc3CC1)C2. The van der Waals surface area contributed by atoms with Gasteiger partial charge in [0.25, 0.3) is 0 Å². The Morgan fingerprint density at radius 3 is 2.38 bits per heavy atom. The Labute approximate surface area is 161 Å². The molecule has 3 aliphatic rings. The van der Waals surface area contributed by atoms with Gasteiger partial charge in [0, 0.05) is 11.2 Å². The van der Waals surface area contributed by atoms with Crippen molar-refractivity contribution in [2.24, 2.45) is 16.1 Å². The summed E-state index contributed by atoms with van der Waals surface area (Å²) in [4.78, 5) is 5.18. The summed E-state index contributed by atoms with van der Waals surface area (Å²) in [6, 6.07) is 15.4. The molecule has 2 aromatic carbocycles. The van der Waals surface area contributed by atoms with Gasteiger partial charge in [-0.2, -0.15) is 0 Å². The molecule has 0 saturated heterocycles. The maximum atomic E-state index is 6.28. The van der Waals surface area contributed by atoms with Crippen LogP contribution < -0.4 is 11.2 Å². The number of nitrogens with zero attached hydrogens (tertiary/aromatic N) is 1. The van der Waals surface area contributed by atoms with Crippen LogP contribution in [-0.4, -0.2) is 18.8 Å². The number of hydrogen-bond donors (Lipinski definition) is 1. The first-order chi connectivity index (χ1) is 12.6. The van der Waals surface area contributed by atoms with E-state index in [9.17, 15) is 0 Å². The van der Waals surface area contributed by atoms with Crippen LogP contribution in [0.2, 0.25) is 0 Å². The number of fused-ring (bicyclic) bond motifs is 4. The number of benzene rings is 2. The van der Waals surface area contributed by atoms with E-state index in [0.717, 1.165) is 42.1 Å². The van der Waals surface area contributed by atoms with Crippen molar-refractivity contribution in [1.29, 1.82) is 0 Å². The summed E-state index contributed by atoms with van der Waals surface area (Å²) in [6.45, 7) is 0. The molecule has 2 aromatic rings. The van der Waals surface area contributed by atoms with E-state index in [1.165, 1.54) is 35.1 Å². The highest BCUT2D eigenvalue weighted by Crippen LogP contribution is 2.61. The smallest absolute Gasteiger partial charge is 0.154 e. The lowest BCUT2D eigenvalue weighted by atomic mass is 9.64. The molecule has 0 amide bonds. The molecule has 1 atom stereocenters. The maximum Gasteiger partial charge on any atom is 0.154 e. The first-order valence-electron chi connectivity index (χ1n) is 9.56. The van der Waals surface area contributed by atoms with E-state index >= 15 is 0 Å². The number of hydrogen-bond acceptors (Lipinski definition) is 3. The Morgan fingerprint density at radius 2 is 1.69 bits per heavy atom. The van der Waals surface area contributed by atoms with E-state index in [4.69, 9.17) is 18.6 Å². The van der Waals surface area contributed by atoms with Crippen LogP contribution in [0.15, 0.2) is 47.5 Å². The zero-order valence-electron chi connectivity index (χ0n) is 15.0. The molecule has 0 bridgehead atoms. The fraction of sp³-hybridized carbons (Fsp3) is 0.409. The lowest BCUT2D eigenvalue weighted by Gasteiger charge is -2.46.